The molecule has 1 aliphatic rings. The highest BCUT2D eigenvalue weighted by Crippen LogP contribution is 2.29. The van der Waals surface area contributed by atoms with Gasteiger partial charge in [-0.05, 0) is 29.0 Å². The van der Waals surface area contributed by atoms with Crippen molar-refractivity contribution in [2.24, 2.45) is 0 Å². The predicted octanol–water partition coefficient (Wildman–Crippen LogP) is 3.57. The molecule has 0 radical (unpaired) electrons. The minimum Gasteiger partial charge on any atom is -0.398 e. The zero-order valence-electron chi connectivity index (χ0n) is 15.1. The summed E-state index contributed by atoms with van der Waals surface area (Å²) >= 11 is 0. The maximum Gasteiger partial charge on any atom is 0.137 e. The van der Waals surface area contributed by atoms with Crippen molar-refractivity contribution in [3.63, 3.8) is 0 Å². The summed E-state index contributed by atoms with van der Waals surface area (Å²) in [5.74, 6) is 0. The van der Waals surface area contributed by atoms with Crippen LogP contribution in [0.25, 0.3) is 27.7 Å². The van der Waals surface area contributed by atoms with Gasteiger partial charge >= 0.3 is 0 Å². The number of nitrogens with zero attached hydrogens (tertiary/aromatic N) is 3. The summed E-state index contributed by atoms with van der Waals surface area (Å²) in [6.07, 6.45) is 1.97. The number of rotatable bonds is 3. The zero-order chi connectivity index (χ0) is 18.2. The lowest BCUT2D eigenvalue weighted by Gasteiger charge is -2.26. The van der Waals surface area contributed by atoms with E-state index < -0.39 is 0 Å². The van der Waals surface area contributed by atoms with Crippen LogP contribution in [0.1, 0.15) is 5.69 Å². The Bertz CT molecular complexity index is 1110. The third-order valence-corrected chi connectivity index (χ3v) is 5.24. The third kappa shape index (κ3) is 3.05. The number of imidazole rings is 1. The summed E-state index contributed by atoms with van der Waals surface area (Å²) < 4.78 is 7.64. The standard InChI is InChI=1S/C22H22N4O/c23-19-7-8-21-24-22(18-6-5-16-3-1-2-4-17(16)13-18)20(26(21)14-19)15-25-9-11-27-12-10-25/h1-8,13-14H,9-12,15,23H2. The van der Waals surface area contributed by atoms with Crippen molar-refractivity contribution in [2.45, 2.75) is 6.54 Å². The zero-order valence-corrected chi connectivity index (χ0v) is 15.1. The fraction of sp³-hybridized carbons (Fsp3) is 0.227. The van der Waals surface area contributed by atoms with Crippen LogP contribution in [-0.4, -0.2) is 40.6 Å². The van der Waals surface area contributed by atoms with Gasteiger partial charge in [-0.1, -0.05) is 36.4 Å². The second-order valence-corrected chi connectivity index (χ2v) is 7.05. The number of pyridine rings is 1. The van der Waals surface area contributed by atoms with Crippen molar-refractivity contribution >= 4 is 22.1 Å². The van der Waals surface area contributed by atoms with Crippen LogP contribution < -0.4 is 5.73 Å². The quantitative estimate of drug-likeness (QED) is 0.608. The molecule has 0 saturated carbocycles. The molecular weight excluding hydrogens is 336 g/mol. The molecule has 0 amide bonds. The van der Waals surface area contributed by atoms with E-state index in [1.54, 1.807) is 0 Å². The molecule has 3 heterocycles. The SMILES string of the molecule is Nc1ccc2nc(-c3ccc4ccccc4c3)c(CN3CCOCC3)n2c1. The maximum atomic E-state index is 6.07. The third-order valence-electron chi connectivity index (χ3n) is 5.24. The van der Waals surface area contributed by atoms with Gasteiger partial charge in [0, 0.05) is 37.1 Å². The highest BCUT2D eigenvalue weighted by Gasteiger charge is 2.19. The molecular formula is C22H22N4O. The highest BCUT2D eigenvalue weighted by atomic mass is 16.5. The van der Waals surface area contributed by atoms with Gasteiger partial charge in [0.25, 0.3) is 0 Å². The van der Waals surface area contributed by atoms with E-state index in [4.69, 9.17) is 15.5 Å². The number of aromatic nitrogens is 2. The van der Waals surface area contributed by atoms with Crippen LogP contribution >= 0.6 is 0 Å². The average Bonchev–Trinajstić information content (AvgIpc) is 3.06. The molecule has 1 saturated heterocycles. The van der Waals surface area contributed by atoms with Crippen molar-refractivity contribution in [1.29, 1.82) is 0 Å². The fourth-order valence-corrected chi connectivity index (χ4v) is 3.80. The molecule has 0 atom stereocenters. The Labute approximate surface area is 158 Å². The van der Waals surface area contributed by atoms with Gasteiger partial charge in [0.15, 0.2) is 0 Å². The van der Waals surface area contributed by atoms with E-state index in [9.17, 15) is 0 Å². The number of hydrogen-bond donors (Lipinski definition) is 1. The van der Waals surface area contributed by atoms with Gasteiger partial charge in [-0.25, -0.2) is 4.98 Å². The molecule has 136 valence electrons. The molecule has 5 heteroatoms. The minimum atomic E-state index is 0.744. The molecule has 0 spiro atoms. The van der Waals surface area contributed by atoms with Crippen LogP contribution in [0.15, 0.2) is 60.8 Å². The van der Waals surface area contributed by atoms with Crippen LogP contribution in [0.2, 0.25) is 0 Å². The molecule has 5 nitrogen and oxygen atoms in total. The minimum absolute atomic E-state index is 0.744. The van der Waals surface area contributed by atoms with E-state index in [-0.39, 0.29) is 0 Å². The summed E-state index contributed by atoms with van der Waals surface area (Å²) in [5.41, 5.74) is 11.1. The topological polar surface area (TPSA) is 55.8 Å². The number of morpholine rings is 1. The summed E-state index contributed by atoms with van der Waals surface area (Å²) in [6.45, 7) is 4.27. The molecule has 2 aromatic carbocycles. The van der Waals surface area contributed by atoms with E-state index in [2.05, 4.69) is 51.8 Å². The lowest BCUT2D eigenvalue weighted by Crippen LogP contribution is -2.36. The number of ether oxygens (including phenoxy) is 1. The van der Waals surface area contributed by atoms with Gasteiger partial charge in [0.05, 0.1) is 24.6 Å². The lowest BCUT2D eigenvalue weighted by atomic mass is 10.0. The molecule has 1 aliphatic heterocycles. The van der Waals surface area contributed by atoms with Gasteiger partial charge in [0.1, 0.15) is 5.65 Å². The van der Waals surface area contributed by atoms with Gasteiger partial charge in [0.2, 0.25) is 0 Å². The second-order valence-electron chi connectivity index (χ2n) is 7.05. The second kappa shape index (κ2) is 6.68. The van der Waals surface area contributed by atoms with Crippen LogP contribution in [-0.2, 0) is 11.3 Å². The summed E-state index contributed by atoms with van der Waals surface area (Å²) in [7, 11) is 0. The molecule has 0 unspecified atom stereocenters. The van der Waals surface area contributed by atoms with Gasteiger partial charge in [-0.3, -0.25) is 4.90 Å². The molecule has 27 heavy (non-hydrogen) atoms. The summed E-state index contributed by atoms with van der Waals surface area (Å²) in [5, 5.41) is 2.47. The van der Waals surface area contributed by atoms with Crippen LogP contribution in [0.4, 0.5) is 5.69 Å². The number of nitrogen functional groups attached to an aromatic ring is 1. The highest BCUT2D eigenvalue weighted by molar-refractivity contribution is 5.87. The summed E-state index contributed by atoms with van der Waals surface area (Å²) in [4.78, 5) is 7.36. The number of fused-ring (bicyclic) bond motifs is 2. The Morgan fingerprint density at radius 2 is 1.78 bits per heavy atom. The first-order valence-corrected chi connectivity index (χ1v) is 9.34. The van der Waals surface area contributed by atoms with Crippen molar-refractivity contribution in [2.75, 3.05) is 32.0 Å². The molecule has 1 fully saturated rings. The largest absolute Gasteiger partial charge is 0.398 e. The van der Waals surface area contributed by atoms with Gasteiger partial charge < -0.3 is 14.9 Å². The number of anilines is 1. The average molecular weight is 358 g/mol. The first kappa shape index (κ1) is 16.3. The smallest absolute Gasteiger partial charge is 0.137 e. The fourth-order valence-electron chi connectivity index (χ4n) is 3.80. The maximum absolute atomic E-state index is 6.07. The Kier molecular flexibility index (Phi) is 4.03. The van der Waals surface area contributed by atoms with E-state index in [1.165, 1.54) is 16.5 Å². The van der Waals surface area contributed by atoms with Crippen molar-refractivity contribution in [1.82, 2.24) is 14.3 Å². The van der Waals surface area contributed by atoms with Crippen molar-refractivity contribution in [3.05, 3.63) is 66.5 Å². The van der Waals surface area contributed by atoms with Crippen molar-refractivity contribution < 1.29 is 4.74 Å². The Hall–Kier alpha value is -2.89. The lowest BCUT2D eigenvalue weighted by molar-refractivity contribution is 0.0336. The van der Waals surface area contributed by atoms with Crippen molar-refractivity contribution in [3.8, 4) is 11.3 Å². The van der Waals surface area contributed by atoms with Crippen LogP contribution in [0.3, 0.4) is 0 Å². The summed E-state index contributed by atoms with van der Waals surface area (Å²) in [6, 6.07) is 18.9. The number of benzene rings is 2. The first-order chi connectivity index (χ1) is 13.3. The number of nitrogens with two attached hydrogens (primary N) is 1. The Morgan fingerprint density at radius 1 is 0.963 bits per heavy atom. The van der Waals surface area contributed by atoms with E-state index in [0.717, 1.165) is 55.4 Å². The molecule has 4 aromatic rings. The number of hydrogen-bond acceptors (Lipinski definition) is 4. The molecule has 2 aromatic heterocycles. The monoisotopic (exact) mass is 358 g/mol. The molecule has 0 bridgehead atoms. The Morgan fingerprint density at radius 3 is 2.63 bits per heavy atom. The van der Waals surface area contributed by atoms with Crippen LogP contribution in [0.5, 0.6) is 0 Å². The molecule has 2 N–H and O–H groups in total. The normalized spacial score (nSPS) is 15.6. The first-order valence-electron chi connectivity index (χ1n) is 9.34. The van der Waals surface area contributed by atoms with Gasteiger partial charge in [-0.2, -0.15) is 0 Å². The Balaban J connectivity index is 1.66. The van der Waals surface area contributed by atoms with E-state index in [1.807, 2.05) is 18.3 Å². The van der Waals surface area contributed by atoms with Crippen LogP contribution in [0, 0.1) is 0 Å². The van der Waals surface area contributed by atoms with E-state index >= 15 is 0 Å². The van der Waals surface area contributed by atoms with Gasteiger partial charge in [-0.15, -0.1) is 0 Å². The molecule has 5 rings (SSSR count). The van der Waals surface area contributed by atoms with E-state index in [0.29, 0.717) is 0 Å². The predicted molar refractivity (Wildman–Crippen MR) is 109 cm³/mol. The molecule has 0 aliphatic carbocycles.